The van der Waals surface area contributed by atoms with Crippen LogP contribution in [0.3, 0.4) is 0 Å². The second-order valence-electron chi connectivity index (χ2n) is 3.20. The topological polar surface area (TPSA) is 55.2 Å². The van der Waals surface area contributed by atoms with Crippen molar-refractivity contribution in [3.05, 3.63) is 45.5 Å². The van der Waals surface area contributed by atoms with Crippen LogP contribution in [0.25, 0.3) is 0 Å². The van der Waals surface area contributed by atoms with E-state index in [0.717, 1.165) is 6.42 Å². The molecule has 5 heteroatoms. The number of hydrogen-bond acceptors (Lipinski definition) is 3. The van der Waals surface area contributed by atoms with Crippen LogP contribution in [-0.4, -0.2) is 11.5 Å². The van der Waals surface area contributed by atoms with E-state index >= 15 is 0 Å². The molecule has 1 aromatic rings. The molecule has 0 aliphatic rings. The Hall–Kier alpha value is -1.55. The van der Waals surface area contributed by atoms with E-state index in [1.54, 1.807) is 12.1 Å². The van der Waals surface area contributed by atoms with Crippen LogP contribution in [0.5, 0.6) is 0 Å². The molecule has 4 nitrogen and oxygen atoms in total. The number of nitro groups is 1. The van der Waals surface area contributed by atoms with Crippen molar-refractivity contribution < 1.29 is 4.92 Å². The molecular formula is C11H13ClN2O2. The van der Waals surface area contributed by atoms with Crippen LogP contribution in [0.2, 0.25) is 5.02 Å². The number of allylic oxidation sites excluding steroid dienone is 1. The first-order valence-corrected chi connectivity index (χ1v) is 5.32. The Kier molecular flexibility index (Phi) is 4.79. The Balaban J connectivity index is 2.75. The summed E-state index contributed by atoms with van der Waals surface area (Å²) in [4.78, 5) is 10.3. The molecule has 0 spiro atoms. The number of halogens is 1. The third kappa shape index (κ3) is 3.55. The van der Waals surface area contributed by atoms with Gasteiger partial charge in [-0.15, -0.1) is 0 Å². The van der Waals surface area contributed by atoms with Crippen LogP contribution >= 0.6 is 11.6 Å². The zero-order valence-corrected chi connectivity index (χ0v) is 9.70. The molecule has 0 saturated heterocycles. The Morgan fingerprint density at radius 3 is 2.94 bits per heavy atom. The zero-order chi connectivity index (χ0) is 12.0. The highest BCUT2D eigenvalue weighted by Gasteiger charge is 2.13. The van der Waals surface area contributed by atoms with Crippen LogP contribution in [-0.2, 0) is 0 Å². The summed E-state index contributed by atoms with van der Waals surface area (Å²) in [5.74, 6) is 0. The molecule has 0 bridgehead atoms. The first-order valence-electron chi connectivity index (χ1n) is 4.94. The van der Waals surface area contributed by atoms with Gasteiger partial charge in [0.05, 0.1) is 4.92 Å². The molecule has 86 valence electrons. The largest absolute Gasteiger partial charge is 0.379 e. The molecule has 0 aromatic heterocycles. The molecule has 0 heterocycles. The molecular weight excluding hydrogens is 228 g/mol. The maximum absolute atomic E-state index is 10.8. The van der Waals surface area contributed by atoms with Gasteiger partial charge in [-0.05, 0) is 25.5 Å². The van der Waals surface area contributed by atoms with Crippen molar-refractivity contribution in [1.29, 1.82) is 0 Å². The summed E-state index contributed by atoms with van der Waals surface area (Å²) < 4.78 is 0. The molecule has 1 N–H and O–H groups in total. The molecule has 0 atom stereocenters. The van der Waals surface area contributed by atoms with Gasteiger partial charge in [-0.2, -0.15) is 0 Å². The summed E-state index contributed by atoms with van der Waals surface area (Å²) >= 11 is 5.70. The van der Waals surface area contributed by atoms with Gasteiger partial charge in [0.25, 0.3) is 5.69 Å². The van der Waals surface area contributed by atoms with E-state index in [1.807, 2.05) is 19.1 Å². The fourth-order valence-electron chi connectivity index (χ4n) is 1.26. The number of nitrogens with one attached hydrogen (secondary N) is 1. The first kappa shape index (κ1) is 12.5. The maximum Gasteiger partial charge on any atom is 0.293 e. The molecule has 1 aromatic carbocycles. The lowest BCUT2D eigenvalue weighted by Gasteiger charge is -2.05. The minimum absolute atomic E-state index is 0.00739. The van der Waals surface area contributed by atoms with Gasteiger partial charge < -0.3 is 5.32 Å². The van der Waals surface area contributed by atoms with Gasteiger partial charge in [0, 0.05) is 17.6 Å². The third-order valence-corrected chi connectivity index (χ3v) is 2.25. The van der Waals surface area contributed by atoms with Gasteiger partial charge >= 0.3 is 0 Å². The summed E-state index contributed by atoms with van der Waals surface area (Å²) in [6.45, 7) is 2.59. The van der Waals surface area contributed by atoms with Gasteiger partial charge in [-0.3, -0.25) is 10.1 Å². The van der Waals surface area contributed by atoms with Crippen LogP contribution in [0, 0.1) is 10.1 Å². The van der Waals surface area contributed by atoms with E-state index in [0.29, 0.717) is 17.3 Å². The lowest BCUT2D eigenvalue weighted by molar-refractivity contribution is -0.383. The summed E-state index contributed by atoms with van der Waals surface area (Å²) in [7, 11) is 0. The van der Waals surface area contributed by atoms with Gasteiger partial charge in [0.15, 0.2) is 0 Å². The second-order valence-corrected chi connectivity index (χ2v) is 3.64. The van der Waals surface area contributed by atoms with Crippen molar-refractivity contribution >= 4 is 23.0 Å². The first-order chi connectivity index (χ1) is 7.65. The molecule has 0 fully saturated rings. The standard InChI is InChI=1S/C11H13ClN2O2/c1-2-3-4-7-13-10-6-5-9(12)8-11(10)14(15)16/h2-3,5-6,8,13H,4,7H2,1H3/b3-2+. The van der Waals surface area contributed by atoms with Crippen LogP contribution in [0.15, 0.2) is 30.4 Å². The summed E-state index contributed by atoms with van der Waals surface area (Å²) in [5, 5.41) is 14.1. The van der Waals surface area contributed by atoms with E-state index in [-0.39, 0.29) is 5.69 Å². The number of nitrogens with zero attached hydrogens (tertiary/aromatic N) is 1. The van der Waals surface area contributed by atoms with E-state index in [2.05, 4.69) is 5.32 Å². The van der Waals surface area contributed by atoms with Crippen molar-refractivity contribution in [2.75, 3.05) is 11.9 Å². The minimum atomic E-state index is -0.441. The highest BCUT2D eigenvalue weighted by Crippen LogP contribution is 2.27. The van der Waals surface area contributed by atoms with Crippen molar-refractivity contribution in [3.8, 4) is 0 Å². The quantitative estimate of drug-likeness (QED) is 0.370. The van der Waals surface area contributed by atoms with Crippen LogP contribution in [0.1, 0.15) is 13.3 Å². The van der Waals surface area contributed by atoms with Gasteiger partial charge in [0.2, 0.25) is 0 Å². The van der Waals surface area contributed by atoms with Crippen molar-refractivity contribution in [1.82, 2.24) is 0 Å². The normalized spacial score (nSPS) is 10.6. The van der Waals surface area contributed by atoms with Gasteiger partial charge in [-0.25, -0.2) is 0 Å². The average Bonchev–Trinajstić information content (AvgIpc) is 2.26. The Labute approximate surface area is 99.1 Å². The van der Waals surface area contributed by atoms with Crippen molar-refractivity contribution in [3.63, 3.8) is 0 Å². The van der Waals surface area contributed by atoms with E-state index < -0.39 is 4.92 Å². The van der Waals surface area contributed by atoms with Crippen molar-refractivity contribution in [2.45, 2.75) is 13.3 Å². The number of rotatable bonds is 5. The Morgan fingerprint density at radius 2 is 2.31 bits per heavy atom. The monoisotopic (exact) mass is 240 g/mol. The van der Waals surface area contributed by atoms with Crippen LogP contribution in [0.4, 0.5) is 11.4 Å². The zero-order valence-electron chi connectivity index (χ0n) is 8.94. The fraction of sp³-hybridized carbons (Fsp3) is 0.273. The summed E-state index contributed by atoms with van der Waals surface area (Å²) in [5.41, 5.74) is 0.506. The predicted molar refractivity (Wildman–Crippen MR) is 66.0 cm³/mol. The summed E-state index contributed by atoms with van der Waals surface area (Å²) in [6, 6.07) is 4.60. The Bertz CT molecular complexity index is 405. The molecule has 0 aliphatic heterocycles. The van der Waals surface area contributed by atoms with Gasteiger partial charge in [-0.1, -0.05) is 23.8 Å². The molecule has 1 rings (SSSR count). The van der Waals surface area contributed by atoms with E-state index in [4.69, 9.17) is 11.6 Å². The summed E-state index contributed by atoms with van der Waals surface area (Å²) in [6.07, 6.45) is 4.77. The fourth-order valence-corrected chi connectivity index (χ4v) is 1.43. The average molecular weight is 241 g/mol. The van der Waals surface area contributed by atoms with Crippen LogP contribution < -0.4 is 5.32 Å². The SMILES string of the molecule is C/C=C/CCNc1ccc(Cl)cc1[N+](=O)[O-]. The second kappa shape index (κ2) is 6.12. The van der Waals surface area contributed by atoms with Gasteiger partial charge in [0.1, 0.15) is 5.69 Å². The molecule has 16 heavy (non-hydrogen) atoms. The van der Waals surface area contributed by atoms with Crippen molar-refractivity contribution in [2.24, 2.45) is 0 Å². The predicted octanol–water partition coefficient (Wildman–Crippen LogP) is 3.63. The van der Waals surface area contributed by atoms with E-state index in [1.165, 1.54) is 6.07 Å². The van der Waals surface area contributed by atoms with E-state index in [9.17, 15) is 10.1 Å². The maximum atomic E-state index is 10.8. The lowest BCUT2D eigenvalue weighted by atomic mass is 10.2. The molecule has 0 aliphatic carbocycles. The highest BCUT2D eigenvalue weighted by atomic mass is 35.5. The smallest absolute Gasteiger partial charge is 0.293 e. The number of benzene rings is 1. The number of hydrogen-bond donors (Lipinski definition) is 1. The molecule has 0 radical (unpaired) electrons. The molecule has 0 amide bonds. The highest BCUT2D eigenvalue weighted by molar-refractivity contribution is 6.30. The third-order valence-electron chi connectivity index (χ3n) is 2.02. The number of nitro benzene ring substituents is 1. The number of anilines is 1. The molecule has 0 saturated carbocycles. The Morgan fingerprint density at radius 1 is 1.56 bits per heavy atom. The minimum Gasteiger partial charge on any atom is -0.379 e. The lowest BCUT2D eigenvalue weighted by Crippen LogP contribution is -2.03. The molecule has 0 unspecified atom stereocenters.